The van der Waals surface area contributed by atoms with Gasteiger partial charge in [-0.1, -0.05) is 24.4 Å². The van der Waals surface area contributed by atoms with Gasteiger partial charge in [-0.3, -0.25) is 4.18 Å². The number of rotatable bonds is 3. The van der Waals surface area contributed by atoms with Crippen molar-refractivity contribution in [3.63, 3.8) is 0 Å². The Hall–Kier alpha value is -0.450. The highest BCUT2D eigenvalue weighted by atomic mass is 35.5. The van der Waals surface area contributed by atoms with Gasteiger partial charge in [-0.25, -0.2) is 8.60 Å². The Morgan fingerprint density at radius 3 is 2.53 bits per heavy atom. The molecule has 1 aliphatic carbocycles. The van der Waals surface area contributed by atoms with E-state index in [0.29, 0.717) is 22.8 Å². The highest BCUT2D eigenvalue weighted by Crippen LogP contribution is 2.26. The van der Waals surface area contributed by atoms with Crippen molar-refractivity contribution < 1.29 is 12.8 Å². The summed E-state index contributed by atoms with van der Waals surface area (Å²) in [5.74, 6) is 0. The van der Waals surface area contributed by atoms with Crippen LogP contribution in [0.3, 0.4) is 0 Å². The van der Waals surface area contributed by atoms with E-state index in [-0.39, 0.29) is 0 Å². The van der Waals surface area contributed by atoms with Crippen LogP contribution in [0.4, 0.5) is 4.39 Å². The number of hydrogen-bond acceptors (Lipinski definition) is 2. The summed E-state index contributed by atoms with van der Waals surface area (Å²) in [7, 11) is 0. The van der Waals surface area contributed by atoms with Crippen molar-refractivity contribution in [2.45, 2.75) is 42.9 Å². The van der Waals surface area contributed by atoms with Crippen LogP contribution in [0.2, 0.25) is 5.02 Å². The van der Waals surface area contributed by atoms with E-state index in [4.69, 9.17) is 15.8 Å². The minimum Gasteiger partial charge on any atom is -0.280 e. The maximum absolute atomic E-state index is 13.5. The molecular formula is C12H14ClFO2S. The first-order valence-electron chi connectivity index (χ1n) is 5.65. The van der Waals surface area contributed by atoms with Gasteiger partial charge in [0.2, 0.25) is 0 Å². The fourth-order valence-electron chi connectivity index (χ4n) is 1.87. The van der Waals surface area contributed by atoms with Gasteiger partial charge in [0.25, 0.3) is 0 Å². The third kappa shape index (κ3) is 3.50. The molecular weight excluding hydrogens is 263 g/mol. The van der Waals surface area contributed by atoms with E-state index in [2.05, 4.69) is 0 Å². The monoisotopic (exact) mass is 276 g/mol. The molecule has 0 saturated heterocycles. The lowest BCUT2D eigenvalue weighted by molar-refractivity contribution is 0.0749. The first-order valence-corrected chi connectivity index (χ1v) is 7.10. The zero-order chi connectivity index (χ0) is 12.3. The van der Waals surface area contributed by atoms with Crippen LogP contribution >= 0.6 is 11.6 Å². The molecule has 0 heterocycles. The van der Waals surface area contributed by atoms with Crippen LogP contribution in [0.25, 0.3) is 0 Å². The molecule has 5 heteroatoms. The molecule has 1 aromatic rings. The van der Waals surface area contributed by atoms with Gasteiger partial charge >= 0.3 is 0 Å². The topological polar surface area (TPSA) is 26.3 Å². The van der Waals surface area contributed by atoms with E-state index in [1.165, 1.54) is 0 Å². The molecule has 0 radical (unpaired) electrons. The lowest BCUT2D eigenvalue weighted by Gasteiger charge is -2.24. The number of benzene rings is 1. The summed E-state index contributed by atoms with van der Waals surface area (Å²) in [4.78, 5) is 0.521. The van der Waals surface area contributed by atoms with Gasteiger partial charge in [-0.15, -0.1) is 0 Å². The zero-order valence-corrected chi connectivity index (χ0v) is 10.8. The molecule has 0 spiro atoms. The van der Waals surface area contributed by atoms with Crippen LogP contribution in [-0.2, 0) is 15.3 Å². The Morgan fingerprint density at radius 1 is 1.24 bits per heavy atom. The van der Waals surface area contributed by atoms with Gasteiger partial charge in [-0.05, 0) is 37.1 Å². The quantitative estimate of drug-likeness (QED) is 0.842. The maximum atomic E-state index is 13.5. The fraction of sp³-hybridized carbons (Fsp3) is 0.500. The Morgan fingerprint density at radius 2 is 1.88 bits per heavy atom. The third-order valence-corrected chi connectivity index (χ3v) is 4.17. The van der Waals surface area contributed by atoms with Crippen molar-refractivity contribution in [2.24, 2.45) is 0 Å². The van der Waals surface area contributed by atoms with Crippen molar-refractivity contribution in [1.82, 2.24) is 0 Å². The summed E-state index contributed by atoms with van der Waals surface area (Å²) in [5.41, 5.74) is 0. The molecule has 0 aromatic heterocycles. The predicted molar refractivity (Wildman–Crippen MR) is 66.1 cm³/mol. The number of hydrogen-bond donors (Lipinski definition) is 0. The van der Waals surface area contributed by atoms with Crippen LogP contribution in [0.5, 0.6) is 0 Å². The largest absolute Gasteiger partial charge is 0.280 e. The fourth-order valence-corrected chi connectivity index (χ4v) is 2.91. The molecule has 0 amide bonds. The maximum Gasteiger partial charge on any atom is 0.189 e. The van der Waals surface area contributed by atoms with Crippen molar-refractivity contribution in [3.8, 4) is 0 Å². The summed E-state index contributed by atoms with van der Waals surface area (Å²) < 4.78 is 30.6. The summed E-state index contributed by atoms with van der Waals surface area (Å²) >= 11 is 4.12. The third-order valence-electron chi connectivity index (χ3n) is 2.84. The average Bonchev–Trinajstić information content (AvgIpc) is 2.33. The van der Waals surface area contributed by atoms with E-state index < -0.39 is 23.4 Å². The van der Waals surface area contributed by atoms with Gasteiger partial charge in [0.1, 0.15) is 12.3 Å². The Bertz CT molecular complexity index is 396. The Labute approximate surface area is 108 Å². The van der Waals surface area contributed by atoms with Crippen molar-refractivity contribution in [2.75, 3.05) is 0 Å². The van der Waals surface area contributed by atoms with E-state index in [9.17, 15) is 8.60 Å². The minimum absolute atomic E-state index is 0.502. The van der Waals surface area contributed by atoms with Crippen molar-refractivity contribution in [3.05, 3.63) is 29.3 Å². The van der Waals surface area contributed by atoms with Crippen LogP contribution in [0.1, 0.15) is 25.7 Å². The van der Waals surface area contributed by atoms with Gasteiger partial charge in [-0.2, -0.15) is 0 Å². The summed E-state index contributed by atoms with van der Waals surface area (Å²) in [5, 5.41) is 0.576. The van der Waals surface area contributed by atoms with Crippen LogP contribution in [0, 0.1) is 0 Å². The molecule has 0 N–H and O–H groups in total. The first kappa shape index (κ1) is 13.0. The van der Waals surface area contributed by atoms with Gasteiger partial charge < -0.3 is 0 Å². The van der Waals surface area contributed by atoms with E-state index in [1.807, 2.05) is 0 Å². The van der Waals surface area contributed by atoms with Crippen molar-refractivity contribution in [1.29, 1.82) is 0 Å². The highest BCUT2D eigenvalue weighted by Gasteiger charge is 2.27. The van der Waals surface area contributed by atoms with Crippen LogP contribution in [0.15, 0.2) is 29.2 Å². The molecule has 0 bridgehead atoms. The second-order valence-electron chi connectivity index (χ2n) is 4.12. The molecule has 1 saturated carbocycles. The van der Waals surface area contributed by atoms with Crippen LogP contribution in [-0.4, -0.2) is 16.5 Å². The molecule has 2 rings (SSSR count). The standard InChI is InChI=1S/C12H14ClFO2S/c13-9-5-7-10(8-6-9)17(15)16-12-4-2-1-3-11(12)14/h5-8,11-12H,1-4H2. The van der Waals surface area contributed by atoms with E-state index in [0.717, 1.165) is 12.8 Å². The molecule has 2 nitrogen and oxygen atoms in total. The van der Waals surface area contributed by atoms with Crippen molar-refractivity contribution >= 4 is 22.7 Å². The smallest absolute Gasteiger partial charge is 0.189 e. The van der Waals surface area contributed by atoms with E-state index >= 15 is 0 Å². The number of halogens is 2. The summed E-state index contributed by atoms with van der Waals surface area (Å²) in [6.45, 7) is 0. The lowest BCUT2D eigenvalue weighted by atomic mass is 9.96. The normalized spacial score (nSPS) is 26.7. The lowest BCUT2D eigenvalue weighted by Crippen LogP contribution is -2.29. The number of alkyl halides is 1. The molecule has 3 unspecified atom stereocenters. The Kier molecular flexibility index (Phi) is 4.54. The molecule has 1 aromatic carbocycles. The predicted octanol–water partition coefficient (Wildman–Crippen LogP) is 3.66. The second kappa shape index (κ2) is 5.94. The molecule has 1 aliphatic rings. The SMILES string of the molecule is O=S(OC1CCCCC1F)c1ccc(Cl)cc1. The van der Waals surface area contributed by atoms with E-state index in [1.54, 1.807) is 24.3 Å². The minimum atomic E-state index is -1.61. The molecule has 3 atom stereocenters. The van der Waals surface area contributed by atoms with Gasteiger partial charge in [0.15, 0.2) is 11.1 Å². The van der Waals surface area contributed by atoms with Gasteiger partial charge in [0.05, 0.1) is 4.90 Å². The second-order valence-corrected chi connectivity index (χ2v) is 5.69. The highest BCUT2D eigenvalue weighted by molar-refractivity contribution is 7.80. The molecule has 17 heavy (non-hydrogen) atoms. The summed E-state index contributed by atoms with van der Waals surface area (Å²) in [6, 6.07) is 6.56. The summed E-state index contributed by atoms with van der Waals surface area (Å²) in [6.07, 6.45) is 1.42. The Balaban J connectivity index is 1.98. The zero-order valence-electron chi connectivity index (χ0n) is 9.27. The molecule has 94 valence electrons. The molecule has 1 fully saturated rings. The van der Waals surface area contributed by atoms with Gasteiger partial charge in [0, 0.05) is 5.02 Å². The molecule has 0 aliphatic heterocycles. The average molecular weight is 277 g/mol. The van der Waals surface area contributed by atoms with Crippen LogP contribution < -0.4 is 0 Å². The first-order chi connectivity index (χ1) is 8.16.